The molecule has 2 unspecified atom stereocenters. The lowest BCUT2D eigenvalue weighted by Crippen LogP contribution is -2.44. The minimum Gasteiger partial charge on any atom is -0.545 e. The van der Waals surface area contributed by atoms with Crippen molar-refractivity contribution in [2.45, 2.75) is 437 Å². The maximum Gasteiger partial charge on any atom is 0.306 e. The number of carboxylic acid groups (broad SMARTS) is 1. The standard InChI is InChI=1S/C88H163NO8/c1-6-8-10-12-14-16-18-20-22-24-26-28-30-32-34-36-38-40-41-42-43-44-45-47-49-51-53-55-57-59-61-63-65-67-69-71-73-75-77-79-86(91)97-84(83-96-88(87(92)93)94-81-80-89(3,4)5)82-95-85(90)78-76-74-72-70-68-66-64-62-60-58-56-54-52-50-48-46-39-37-35-33-31-29-27-25-23-21-19-17-15-13-11-9-7-2/h8,10,14,16,20,22,25-28,84,88H,6-7,9,11-13,15,17-19,21,23-24,29-83H2,1-5H3/b10-8-,16-14-,22-20-,27-25-,28-26-. The highest BCUT2D eigenvalue weighted by molar-refractivity contribution is 5.70. The van der Waals surface area contributed by atoms with E-state index >= 15 is 0 Å². The summed E-state index contributed by atoms with van der Waals surface area (Å²) >= 11 is 0. The molecule has 0 aliphatic carbocycles. The van der Waals surface area contributed by atoms with Gasteiger partial charge in [0.2, 0.25) is 0 Å². The quantitative estimate of drug-likeness (QED) is 0.0195. The van der Waals surface area contributed by atoms with Crippen LogP contribution in [0.15, 0.2) is 60.8 Å². The van der Waals surface area contributed by atoms with Gasteiger partial charge in [0.1, 0.15) is 13.2 Å². The summed E-state index contributed by atoms with van der Waals surface area (Å²) in [5.74, 6) is -2.25. The second-order valence-electron chi connectivity index (χ2n) is 30.1. The van der Waals surface area contributed by atoms with E-state index < -0.39 is 24.3 Å². The largest absolute Gasteiger partial charge is 0.545 e. The van der Waals surface area contributed by atoms with Gasteiger partial charge in [-0.2, -0.15) is 0 Å². The first-order chi connectivity index (χ1) is 47.6. The molecule has 0 aliphatic heterocycles. The average molecular weight is 1360 g/mol. The van der Waals surface area contributed by atoms with Gasteiger partial charge in [-0.05, 0) is 77.0 Å². The fourth-order valence-corrected chi connectivity index (χ4v) is 12.8. The van der Waals surface area contributed by atoms with Gasteiger partial charge in [-0.1, -0.05) is 396 Å². The molecule has 0 saturated carbocycles. The fraction of sp³-hybridized carbons (Fsp3) is 0.852. The lowest BCUT2D eigenvalue weighted by atomic mass is 10.0. The number of nitrogens with zero attached hydrogens (tertiary/aromatic N) is 1. The van der Waals surface area contributed by atoms with Crippen molar-refractivity contribution in [2.75, 3.05) is 47.5 Å². The molecule has 0 spiro atoms. The predicted octanol–water partition coefficient (Wildman–Crippen LogP) is 26.0. The van der Waals surface area contributed by atoms with Crippen LogP contribution in [-0.2, 0) is 33.3 Å². The number of quaternary nitrogens is 1. The van der Waals surface area contributed by atoms with Crippen LogP contribution in [0.1, 0.15) is 425 Å². The minimum atomic E-state index is -1.62. The maximum atomic E-state index is 13.0. The molecule has 9 heteroatoms. The van der Waals surface area contributed by atoms with Crippen LogP contribution in [-0.4, -0.2) is 82.3 Å². The highest BCUT2D eigenvalue weighted by Gasteiger charge is 2.22. The first kappa shape index (κ1) is 94.0. The van der Waals surface area contributed by atoms with Crippen LogP contribution in [0.2, 0.25) is 0 Å². The van der Waals surface area contributed by atoms with Gasteiger partial charge in [0.25, 0.3) is 0 Å². The van der Waals surface area contributed by atoms with Crippen LogP contribution in [0, 0.1) is 0 Å². The highest BCUT2D eigenvalue weighted by Crippen LogP contribution is 2.20. The van der Waals surface area contributed by atoms with Crippen molar-refractivity contribution >= 4 is 17.9 Å². The molecule has 2 atom stereocenters. The molecule has 0 heterocycles. The molecule has 0 bridgehead atoms. The summed E-state index contributed by atoms with van der Waals surface area (Å²) in [5, 5.41) is 11.9. The van der Waals surface area contributed by atoms with Crippen molar-refractivity contribution in [3.8, 4) is 0 Å². The van der Waals surface area contributed by atoms with Gasteiger partial charge in [0.15, 0.2) is 12.4 Å². The second-order valence-corrected chi connectivity index (χ2v) is 30.1. The summed E-state index contributed by atoms with van der Waals surface area (Å²) in [7, 11) is 5.95. The number of hydrogen-bond acceptors (Lipinski definition) is 8. The third kappa shape index (κ3) is 80.2. The molecule has 0 aromatic heterocycles. The number of aliphatic carboxylic acids is 1. The summed E-state index contributed by atoms with van der Waals surface area (Å²) in [5.41, 5.74) is 0. The van der Waals surface area contributed by atoms with Crippen molar-refractivity contribution in [3.63, 3.8) is 0 Å². The smallest absolute Gasteiger partial charge is 0.306 e. The van der Waals surface area contributed by atoms with Crippen LogP contribution >= 0.6 is 0 Å². The molecule has 0 aliphatic rings. The van der Waals surface area contributed by atoms with Gasteiger partial charge in [-0.25, -0.2) is 0 Å². The molecule has 0 aromatic rings. The van der Waals surface area contributed by atoms with E-state index in [4.69, 9.17) is 18.9 Å². The molecular formula is C88H163NO8. The Kier molecular flexibility index (Phi) is 76.3. The predicted molar refractivity (Wildman–Crippen MR) is 417 cm³/mol. The van der Waals surface area contributed by atoms with Crippen LogP contribution in [0.25, 0.3) is 0 Å². The number of carboxylic acids is 1. The number of likely N-dealkylation sites (N-methyl/N-ethyl adjacent to an activating group) is 1. The minimum absolute atomic E-state index is 0.151. The molecular weight excluding hydrogens is 1200 g/mol. The Labute approximate surface area is 603 Å². The van der Waals surface area contributed by atoms with E-state index in [0.717, 1.165) is 64.2 Å². The SMILES string of the molecule is CC/C=C\C/C=C\C/C=C\C/C=C\CCCCCCCCCCCCCCCCCCCCCCCCCCCCC(=O)OC(COC(=O)CCCCCCCCCCCCCCCCCCCCCCC/C=C\CCCCCCCCCC)COC(OCC[N+](C)(C)C)C(=O)[O-]. The van der Waals surface area contributed by atoms with Gasteiger partial charge < -0.3 is 33.3 Å². The van der Waals surface area contributed by atoms with Crippen molar-refractivity contribution in [1.29, 1.82) is 0 Å². The summed E-state index contributed by atoms with van der Waals surface area (Å²) in [4.78, 5) is 37.6. The first-order valence-electron chi connectivity index (χ1n) is 42.4. The van der Waals surface area contributed by atoms with Crippen molar-refractivity contribution in [2.24, 2.45) is 0 Å². The van der Waals surface area contributed by atoms with E-state index in [2.05, 4.69) is 74.6 Å². The van der Waals surface area contributed by atoms with Crippen LogP contribution in [0.3, 0.4) is 0 Å². The molecule has 0 aromatic carbocycles. The lowest BCUT2D eigenvalue weighted by Gasteiger charge is -2.26. The third-order valence-corrected chi connectivity index (χ3v) is 19.2. The molecule has 568 valence electrons. The maximum absolute atomic E-state index is 13.0. The summed E-state index contributed by atoms with van der Waals surface area (Å²) in [6.07, 6.45) is 102. The molecule has 9 nitrogen and oxygen atoms in total. The van der Waals surface area contributed by atoms with Gasteiger partial charge in [0.05, 0.1) is 40.3 Å². The molecule has 0 N–H and O–H groups in total. The number of esters is 2. The van der Waals surface area contributed by atoms with Crippen LogP contribution in [0.4, 0.5) is 0 Å². The van der Waals surface area contributed by atoms with E-state index in [1.807, 2.05) is 21.1 Å². The number of carbonyl (C=O) groups is 3. The lowest BCUT2D eigenvalue weighted by molar-refractivity contribution is -0.870. The zero-order valence-electron chi connectivity index (χ0n) is 65.2. The monoisotopic (exact) mass is 1360 g/mol. The van der Waals surface area contributed by atoms with Gasteiger partial charge in [-0.3, -0.25) is 9.59 Å². The average Bonchev–Trinajstić information content (AvgIpc) is 2.39. The first-order valence-corrected chi connectivity index (χ1v) is 42.4. The van der Waals surface area contributed by atoms with E-state index in [1.165, 1.54) is 334 Å². The number of unbranched alkanes of at least 4 members (excludes halogenated alkanes) is 55. The number of ether oxygens (including phenoxy) is 4. The number of rotatable bonds is 80. The van der Waals surface area contributed by atoms with Crippen molar-refractivity contribution in [3.05, 3.63) is 60.8 Å². The number of allylic oxidation sites excluding steroid dienone is 10. The Hall–Kier alpha value is -3.01. The van der Waals surface area contributed by atoms with Crippen molar-refractivity contribution < 1.29 is 42.9 Å². The Morgan fingerprint density at radius 3 is 0.887 bits per heavy atom. The van der Waals surface area contributed by atoms with Gasteiger partial charge in [-0.15, -0.1) is 0 Å². The van der Waals surface area contributed by atoms with E-state index in [-0.39, 0.29) is 32.2 Å². The Morgan fingerprint density at radius 2 is 0.588 bits per heavy atom. The molecule has 0 radical (unpaired) electrons. The summed E-state index contributed by atoms with van der Waals surface area (Å²) in [6, 6.07) is 0. The van der Waals surface area contributed by atoms with E-state index in [1.54, 1.807) is 0 Å². The zero-order chi connectivity index (χ0) is 70.4. The third-order valence-electron chi connectivity index (χ3n) is 19.2. The zero-order valence-corrected chi connectivity index (χ0v) is 65.2. The van der Waals surface area contributed by atoms with E-state index in [0.29, 0.717) is 17.4 Å². The normalized spacial score (nSPS) is 12.9. The molecule has 97 heavy (non-hydrogen) atoms. The molecule has 0 rings (SSSR count). The Balaban J connectivity index is 3.93. The fourth-order valence-electron chi connectivity index (χ4n) is 12.8. The highest BCUT2D eigenvalue weighted by atomic mass is 16.7. The number of carbonyl (C=O) groups excluding carboxylic acids is 3. The van der Waals surface area contributed by atoms with Crippen molar-refractivity contribution in [1.82, 2.24) is 0 Å². The number of hydrogen-bond donors (Lipinski definition) is 0. The second kappa shape index (κ2) is 78.7. The van der Waals surface area contributed by atoms with Gasteiger partial charge >= 0.3 is 11.9 Å². The molecule has 0 fully saturated rings. The topological polar surface area (TPSA) is 111 Å². The summed E-state index contributed by atoms with van der Waals surface area (Å²) < 4.78 is 22.9. The summed E-state index contributed by atoms with van der Waals surface area (Å²) in [6.45, 7) is 4.71. The van der Waals surface area contributed by atoms with E-state index in [9.17, 15) is 19.5 Å². The molecule has 0 saturated heterocycles. The Bertz CT molecular complexity index is 1780. The Morgan fingerprint density at radius 1 is 0.320 bits per heavy atom. The van der Waals surface area contributed by atoms with Crippen LogP contribution < -0.4 is 5.11 Å². The van der Waals surface area contributed by atoms with Crippen LogP contribution in [0.5, 0.6) is 0 Å². The van der Waals surface area contributed by atoms with Gasteiger partial charge in [0, 0.05) is 12.8 Å². The molecule has 0 amide bonds.